The zero-order chi connectivity index (χ0) is 27.2. The summed E-state index contributed by atoms with van der Waals surface area (Å²) in [7, 11) is 1.57. The third-order valence-corrected chi connectivity index (χ3v) is 8.32. The van der Waals surface area contributed by atoms with Gasteiger partial charge in [-0.3, -0.25) is 19.4 Å². The normalized spacial score (nSPS) is 21.4. The Balaban J connectivity index is 1.07. The maximum atomic E-state index is 13.1. The second kappa shape index (κ2) is 12.1. The quantitative estimate of drug-likeness (QED) is 0.272. The van der Waals surface area contributed by atoms with E-state index < -0.39 is 17.5 Å². The van der Waals surface area contributed by atoms with Crippen molar-refractivity contribution in [3.63, 3.8) is 0 Å². The Kier molecular flexibility index (Phi) is 8.40. The smallest absolute Gasteiger partial charge is 0.338 e. The van der Waals surface area contributed by atoms with Crippen molar-refractivity contribution in [1.29, 1.82) is 0 Å². The highest BCUT2D eigenvalue weighted by atomic mass is 16.5. The van der Waals surface area contributed by atoms with Crippen LogP contribution in [0.1, 0.15) is 55.3 Å². The molecule has 1 aliphatic carbocycles. The molecule has 10 nitrogen and oxygen atoms in total. The molecule has 3 heterocycles. The number of esters is 1. The highest BCUT2D eigenvalue weighted by molar-refractivity contribution is 5.99. The number of likely N-dealkylation sites (tertiary alicyclic amines) is 1. The largest absolute Gasteiger partial charge is 0.497 e. The van der Waals surface area contributed by atoms with E-state index in [0.29, 0.717) is 24.3 Å². The average molecular weight is 536 g/mol. The predicted molar refractivity (Wildman–Crippen MR) is 144 cm³/mol. The standard InChI is InChI=1S/C29H37N5O5/c1-38-23-9-7-22(8-10-23)27(37)39-24-6-4-11-29(24)20-25(35)34(26(36)21-29)15-3-2-14-32-16-18-33(19-17-32)28-30-12-5-13-31-28/h5,7-10,12-13,24H,2-4,6,11,14-21H2,1H3. The first-order chi connectivity index (χ1) is 19.0. The molecule has 5 rings (SSSR count). The van der Waals surface area contributed by atoms with Gasteiger partial charge in [-0.05, 0) is 69.0 Å². The number of methoxy groups -OCH3 is 1. The number of carbonyl (C=O) groups excluding carboxylic acids is 3. The number of imide groups is 1. The fraction of sp³-hybridized carbons (Fsp3) is 0.552. The topological polar surface area (TPSA) is 105 Å². The van der Waals surface area contributed by atoms with Crippen molar-refractivity contribution in [2.75, 3.05) is 51.3 Å². The monoisotopic (exact) mass is 535 g/mol. The molecule has 2 amide bonds. The molecule has 1 saturated carbocycles. The molecule has 1 atom stereocenters. The van der Waals surface area contributed by atoms with Gasteiger partial charge in [-0.1, -0.05) is 0 Å². The van der Waals surface area contributed by atoms with Gasteiger partial charge in [-0.2, -0.15) is 0 Å². The summed E-state index contributed by atoms with van der Waals surface area (Å²) in [4.78, 5) is 53.7. The van der Waals surface area contributed by atoms with E-state index in [1.807, 2.05) is 6.07 Å². The summed E-state index contributed by atoms with van der Waals surface area (Å²) in [5.74, 6) is 0.721. The minimum atomic E-state index is -0.588. The van der Waals surface area contributed by atoms with Crippen LogP contribution in [0.2, 0.25) is 0 Å². The van der Waals surface area contributed by atoms with Gasteiger partial charge < -0.3 is 14.4 Å². The van der Waals surface area contributed by atoms with Crippen molar-refractivity contribution < 1.29 is 23.9 Å². The van der Waals surface area contributed by atoms with Crippen LogP contribution in [0, 0.1) is 5.41 Å². The number of carbonyl (C=O) groups is 3. The van der Waals surface area contributed by atoms with Crippen molar-refractivity contribution in [2.45, 2.75) is 51.0 Å². The van der Waals surface area contributed by atoms with Gasteiger partial charge in [-0.25, -0.2) is 14.8 Å². The van der Waals surface area contributed by atoms with Crippen LogP contribution in [0.5, 0.6) is 5.75 Å². The molecule has 2 saturated heterocycles. The zero-order valence-electron chi connectivity index (χ0n) is 22.6. The van der Waals surface area contributed by atoms with Crippen LogP contribution < -0.4 is 9.64 Å². The molecule has 1 unspecified atom stereocenters. The maximum absolute atomic E-state index is 13.1. The molecule has 1 spiro atoms. The first-order valence-electron chi connectivity index (χ1n) is 13.9. The number of hydrogen-bond acceptors (Lipinski definition) is 9. The fourth-order valence-electron chi connectivity index (χ4n) is 6.09. The van der Waals surface area contributed by atoms with Crippen molar-refractivity contribution >= 4 is 23.7 Å². The van der Waals surface area contributed by atoms with E-state index in [1.54, 1.807) is 43.8 Å². The van der Waals surface area contributed by atoms with E-state index in [9.17, 15) is 14.4 Å². The number of benzene rings is 1. The highest BCUT2D eigenvalue weighted by Crippen LogP contribution is 2.49. The van der Waals surface area contributed by atoms with Crippen molar-refractivity contribution in [3.05, 3.63) is 48.3 Å². The van der Waals surface area contributed by atoms with Gasteiger partial charge in [0.2, 0.25) is 17.8 Å². The predicted octanol–water partition coefficient (Wildman–Crippen LogP) is 2.93. The fourth-order valence-corrected chi connectivity index (χ4v) is 6.09. The number of anilines is 1. The molecule has 39 heavy (non-hydrogen) atoms. The van der Waals surface area contributed by atoms with E-state index in [2.05, 4.69) is 19.8 Å². The molecule has 1 aromatic carbocycles. The Hall–Kier alpha value is -3.53. The van der Waals surface area contributed by atoms with Crippen molar-refractivity contribution in [3.8, 4) is 5.75 Å². The Bertz CT molecular complexity index is 1130. The number of rotatable bonds is 9. The summed E-state index contributed by atoms with van der Waals surface area (Å²) in [6, 6.07) is 8.58. The third-order valence-electron chi connectivity index (χ3n) is 8.32. The summed E-state index contributed by atoms with van der Waals surface area (Å²) in [6.07, 6.45) is 7.54. The Morgan fingerprint density at radius 1 is 0.974 bits per heavy atom. The summed E-state index contributed by atoms with van der Waals surface area (Å²) in [6.45, 7) is 5.05. The number of piperidine rings is 1. The Morgan fingerprint density at radius 2 is 1.64 bits per heavy atom. The zero-order valence-corrected chi connectivity index (χ0v) is 22.6. The molecule has 2 aromatic rings. The van der Waals surface area contributed by atoms with Gasteiger partial charge >= 0.3 is 5.97 Å². The molecule has 2 aliphatic heterocycles. The molecule has 0 N–H and O–H groups in total. The summed E-state index contributed by atoms with van der Waals surface area (Å²) in [5.41, 5.74) is -0.155. The lowest BCUT2D eigenvalue weighted by Gasteiger charge is -2.40. The average Bonchev–Trinajstić information content (AvgIpc) is 3.33. The Labute approximate surface area is 229 Å². The second-order valence-electron chi connectivity index (χ2n) is 10.8. The molecule has 1 aromatic heterocycles. The summed E-state index contributed by atoms with van der Waals surface area (Å²) < 4.78 is 11.0. The van der Waals surface area contributed by atoms with Gasteiger partial charge in [-0.15, -0.1) is 0 Å². The number of amides is 2. The molecular formula is C29H37N5O5. The molecule has 10 heteroatoms. The minimum Gasteiger partial charge on any atom is -0.497 e. The first kappa shape index (κ1) is 27.1. The van der Waals surface area contributed by atoms with E-state index in [1.165, 1.54) is 4.90 Å². The molecule has 0 bridgehead atoms. The van der Waals surface area contributed by atoms with Crippen molar-refractivity contribution in [1.82, 2.24) is 19.8 Å². The van der Waals surface area contributed by atoms with E-state index in [0.717, 1.165) is 64.4 Å². The van der Waals surface area contributed by atoms with E-state index in [4.69, 9.17) is 9.47 Å². The van der Waals surface area contributed by atoms with Gasteiger partial charge in [0.15, 0.2) is 0 Å². The number of hydrogen-bond donors (Lipinski definition) is 0. The lowest BCUT2D eigenvalue weighted by atomic mass is 9.74. The molecule has 3 fully saturated rings. The van der Waals surface area contributed by atoms with Gasteiger partial charge in [0.25, 0.3) is 0 Å². The number of unbranched alkanes of at least 4 members (excludes halogenated alkanes) is 1. The highest BCUT2D eigenvalue weighted by Gasteiger charge is 2.52. The Morgan fingerprint density at radius 3 is 2.31 bits per heavy atom. The number of ether oxygens (including phenoxy) is 2. The number of piperazine rings is 1. The van der Waals surface area contributed by atoms with Crippen LogP contribution in [0.15, 0.2) is 42.7 Å². The van der Waals surface area contributed by atoms with Crippen molar-refractivity contribution in [2.24, 2.45) is 5.41 Å². The van der Waals surface area contributed by atoms with Crippen LogP contribution in [0.3, 0.4) is 0 Å². The molecule has 0 radical (unpaired) electrons. The lowest BCUT2D eigenvalue weighted by Crippen LogP contribution is -2.51. The minimum absolute atomic E-state index is 0.143. The molecular weight excluding hydrogens is 498 g/mol. The second-order valence-corrected chi connectivity index (χ2v) is 10.8. The van der Waals surface area contributed by atoms with Crippen LogP contribution >= 0.6 is 0 Å². The van der Waals surface area contributed by atoms with Gasteiger partial charge in [0, 0.05) is 63.4 Å². The molecule has 3 aliphatic rings. The van der Waals surface area contributed by atoms with E-state index in [-0.39, 0.29) is 24.7 Å². The lowest BCUT2D eigenvalue weighted by molar-refractivity contribution is -0.157. The maximum Gasteiger partial charge on any atom is 0.338 e. The van der Waals surface area contributed by atoms with Gasteiger partial charge in [0.1, 0.15) is 11.9 Å². The summed E-state index contributed by atoms with van der Waals surface area (Å²) in [5, 5.41) is 0. The van der Waals surface area contributed by atoms with E-state index >= 15 is 0 Å². The summed E-state index contributed by atoms with van der Waals surface area (Å²) >= 11 is 0. The third kappa shape index (κ3) is 6.21. The van der Waals surface area contributed by atoms with Crippen LogP contribution in [-0.4, -0.2) is 90.0 Å². The SMILES string of the molecule is COc1ccc(C(=O)OC2CCCC23CC(=O)N(CCCCN2CCN(c4ncccn4)CC2)C(=O)C3)cc1. The van der Waals surface area contributed by atoms with Crippen LogP contribution in [0.4, 0.5) is 5.95 Å². The number of aromatic nitrogens is 2. The molecule has 208 valence electrons. The number of nitrogens with zero attached hydrogens (tertiary/aromatic N) is 5. The first-order valence-corrected chi connectivity index (χ1v) is 13.9. The van der Waals surface area contributed by atoms with Crippen LogP contribution in [-0.2, 0) is 14.3 Å². The van der Waals surface area contributed by atoms with Crippen LogP contribution in [0.25, 0.3) is 0 Å². The van der Waals surface area contributed by atoms with Gasteiger partial charge in [0.05, 0.1) is 12.7 Å².